The molecule has 86 valence electrons. The second-order valence-electron chi connectivity index (χ2n) is 5.11. The van der Waals surface area contributed by atoms with Gasteiger partial charge in [0, 0.05) is 11.8 Å². The largest absolute Gasteiger partial charge is 0.391 e. The Morgan fingerprint density at radius 1 is 1.43 bits per heavy atom. The highest BCUT2D eigenvalue weighted by molar-refractivity contribution is 8.33. The van der Waals surface area contributed by atoms with Crippen LogP contribution in [-0.2, 0) is 0 Å². The molecule has 2 atom stereocenters. The monoisotopic (exact) mass is 219 g/mol. The molecule has 2 N–H and O–H groups in total. The summed E-state index contributed by atoms with van der Waals surface area (Å²) < 4.78 is 0. The summed E-state index contributed by atoms with van der Waals surface area (Å²) in [5.41, 5.74) is 0. The van der Waals surface area contributed by atoms with Crippen molar-refractivity contribution in [1.29, 1.82) is 0 Å². The summed E-state index contributed by atoms with van der Waals surface area (Å²) in [5, 5.41) is 14.2. The molecule has 0 unspecified atom stereocenters. The Labute approximate surface area is 89.8 Å². The van der Waals surface area contributed by atoms with Gasteiger partial charge in [-0.3, -0.25) is 0 Å². The van der Waals surface area contributed by atoms with E-state index in [2.05, 4.69) is 31.7 Å². The molecule has 0 aliphatic carbocycles. The van der Waals surface area contributed by atoms with Gasteiger partial charge in [-0.15, -0.1) is 0 Å². The van der Waals surface area contributed by atoms with Crippen molar-refractivity contribution in [2.75, 3.05) is 24.8 Å². The molecule has 3 heteroatoms. The fourth-order valence-corrected chi connectivity index (χ4v) is 3.29. The van der Waals surface area contributed by atoms with Crippen LogP contribution in [0.3, 0.4) is 0 Å². The van der Waals surface area contributed by atoms with Gasteiger partial charge in [0.05, 0.1) is 6.10 Å². The molecule has 14 heavy (non-hydrogen) atoms. The lowest BCUT2D eigenvalue weighted by Crippen LogP contribution is -2.39. The van der Waals surface area contributed by atoms with E-state index >= 15 is 0 Å². The van der Waals surface area contributed by atoms with E-state index in [-0.39, 0.29) is 6.10 Å². The van der Waals surface area contributed by atoms with E-state index in [9.17, 15) is 5.11 Å². The van der Waals surface area contributed by atoms with Crippen molar-refractivity contribution in [3.8, 4) is 0 Å². The van der Waals surface area contributed by atoms with Crippen LogP contribution in [0.2, 0.25) is 0 Å². The van der Waals surface area contributed by atoms with Crippen LogP contribution < -0.4 is 5.32 Å². The predicted molar refractivity (Wildman–Crippen MR) is 66.5 cm³/mol. The molecule has 0 aromatic carbocycles. The molecule has 1 heterocycles. The minimum absolute atomic E-state index is 0.134. The van der Waals surface area contributed by atoms with Crippen molar-refractivity contribution in [2.45, 2.75) is 44.1 Å². The van der Waals surface area contributed by atoms with Gasteiger partial charge in [0.2, 0.25) is 0 Å². The average Bonchev–Trinajstić information content (AvgIpc) is 2.54. The molecule has 1 fully saturated rings. The summed E-state index contributed by atoms with van der Waals surface area (Å²) in [6.07, 6.45) is 6.89. The van der Waals surface area contributed by atoms with Gasteiger partial charge in [-0.2, -0.15) is 0 Å². The summed E-state index contributed by atoms with van der Waals surface area (Å²) in [6.45, 7) is 5.62. The molecular formula is C11H25NOS. The van der Waals surface area contributed by atoms with Crippen LogP contribution in [0.15, 0.2) is 0 Å². The quantitative estimate of drug-likeness (QED) is 0.752. The van der Waals surface area contributed by atoms with E-state index in [1.165, 1.54) is 6.42 Å². The highest BCUT2D eigenvalue weighted by atomic mass is 32.3. The van der Waals surface area contributed by atoms with E-state index in [0.717, 1.165) is 18.7 Å². The number of hydrogen-bond donors (Lipinski definition) is 2. The van der Waals surface area contributed by atoms with Gasteiger partial charge < -0.3 is 10.4 Å². The van der Waals surface area contributed by atoms with E-state index < -0.39 is 10.0 Å². The summed E-state index contributed by atoms with van der Waals surface area (Å²) >= 11 is 0. The minimum atomic E-state index is -0.625. The molecule has 1 aliphatic rings. The Bertz CT molecular complexity index is 176. The topological polar surface area (TPSA) is 32.3 Å². The molecule has 1 aliphatic heterocycles. The van der Waals surface area contributed by atoms with Crippen LogP contribution in [0, 0.1) is 0 Å². The lowest BCUT2D eigenvalue weighted by Gasteiger charge is -2.39. The standard InChI is InChI=1S/C11H25NOS/c1-9(2)14(3,4)8-11(13)10-6-5-7-12-10/h9-13H,5-8H2,1-4H3/t10-,11+/m0/s1. The van der Waals surface area contributed by atoms with Gasteiger partial charge in [-0.05, 0) is 37.1 Å². The van der Waals surface area contributed by atoms with Gasteiger partial charge in [0.1, 0.15) is 0 Å². The van der Waals surface area contributed by atoms with Crippen molar-refractivity contribution in [3.63, 3.8) is 0 Å². The molecule has 0 bridgehead atoms. The number of rotatable bonds is 4. The SMILES string of the molecule is CC(C)S(C)(C)C[C@@H](O)[C@@H]1CCCN1. The molecular weight excluding hydrogens is 194 g/mol. The maximum Gasteiger partial charge on any atom is 0.0768 e. The zero-order chi connectivity index (χ0) is 10.8. The van der Waals surface area contributed by atoms with Crippen LogP contribution in [-0.4, -0.2) is 47.3 Å². The first-order valence-electron chi connectivity index (χ1n) is 5.55. The minimum Gasteiger partial charge on any atom is -0.391 e. The first-order valence-corrected chi connectivity index (χ1v) is 8.23. The van der Waals surface area contributed by atoms with Crippen molar-refractivity contribution >= 4 is 10.0 Å². The third-order valence-corrected chi connectivity index (χ3v) is 7.19. The smallest absolute Gasteiger partial charge is 0.0768 e. The van der Waals surface area contributed by atoms with Gasteiger partial charge in [0.15, 0.2) is 0 Å². The molecule has 0 amide bonds. The Hall–Kier alpha value is 0.270. The number of nitrogens with one attached hydrogen (secondary N) is 1. The Kier molecular flexibility index (Phi) is 4.29. The normalized spacial score (nSPS) is 26.9. The van der Waals surface area contributed by atoms with Crippen LogP contribution in [0.1, 0.15) is 26.7 Å². The third-order valence-electron chi connectivity index (χ3n) is 3.44. The zero-order valence-corrected chi connectivity index (χ0v) is 10.7. The number of aliphatic hydroxyl groups is 1. The van der Waals surface area contributed by atoms with Crippen LogP contribution >= 0.6 is 10.0 Å². The highest BCUT2D eigenvalue weighted by Crippen LogP contribution is 2.45. The van der Waals surface area contributed by atoms with E-state index in [4.69, 9.17) is 0 Å². The van der Waals surface area contributed by atoms with Crippen molar-refractivity contribution < 1.29 is 5.11 Å². The van der Waals surface area contributed by atoms with Gasteiger partial charge in [0.25, 0.3) is 0 Å². The molecule has 0 saturated carbocycles. The lowest BCUT2D eigenvalue weighted by molar-refractivity contribution is 0.158. The van der Waals surface area contributed by atoms with Crippen LogP contribution in [0.25, 0.3) is 0 Å². The van der Waals surface area contributed by atoms with Crippen molar-refractivity contribution in [3.05, 3.63) is 0 Å². The zero-order valence-electron chi connectivity index (χ0n) is 9.92. The molecule has 0 aromatic heterocycles. The first kappa shape index (κ1) is 12.3. The summed E-state index contributed by atoms with van der Waals surface area (Å²) in [4.78, 5) is 0. The molecule has 0 radical (unpaired) electrons. The Morgan fingerprint density at radius 2 is 2.07 bits per heavy atom. The highest BCUT2D eigenvalue weighted by Gasteiger charge is 2.28. The van der Waals surface area contributed by atoms with E-state index in [1.54, 1.807) is 0 Å². The second-order valence-corrected chi connectivity index (χ2v) is 9.63. The predicted octanol–water partition coefficient (Wildman–Crippen LogP) is 1.57. The number of hydrogen-bond acceptors (Lipinski definition) is 2. The first-order chi connectivity index (χ1) is 6.43. The molecule has 1 saturated heterocycles. The maximum atomic E-state index is 10.1. The van der Waals surface area contributed by atoms with Crippen LogP contribution in [0.5, 0.6) is 0 Å². The van der Waals surface area contributed by atoms with Gasteiger partial charge in [-0.25, -0.2) is 10.0 Å². The molecule has 0 spiro atoms. The van der Waals surface area contributed by atoms with Gasteiger partial charge >= 0.3 is 0 Å². The second kappa shape index (κ2) is 4.86. The maximum absolute atomic E-state index is 10.1. The summed E-state index contributed by atoms with van der Waals surface area (Å²) in [5.74, 6) is 0.988. The number of aliphatic hydroxyl groups excluding tert-OH is 1. The summed E-state index contributed by atoms with van der Waals surface area (Å²) in [6, 6.07) is 0.362. The van der Waals surface area contributed by atoms with Gasteiger partial charge in [-0.1, -0.05) is 13.8 Å². The third kappa shape index (κ3) is 3.14. The van der Waals surface area contributed by atoms with E-state index in [0.29, 0.717) is 11.3 Å². The molecule has 1 rings (SSSR count). The fraction of sp³-hybridized carbons (Fsp3) is 1.00. The average molecular weight is 219 g/mol. The summed E-state index contributed by atoms with van der Waals surface area (Å²) in [7, 11) is -0.625. The molecule has 2 nitrogen and oxygen atoms in total. The van der Waals surface area contributed by atoms with Crippen LogP contribution in [0.4, 0.5) is 0 Å². The van der Waals surface area contributed by atoms with Crippen molar-refractivity contribution in [1.82, 2.24) is 5.32 Å². The van der Waals surface area contributed by atoms with E-state index in [1.807, 2.05) is 0 Å². The lowest BCUT2D eigenvalue weighted by atomic mass is 10.1. The fourth-order valence-electron chi connectivity index (χ4n) is 1.79. The Morgan fingerprint density at radius 3 is 2.50 bits per heavy atom. The van der Waals surface area contributed by atoms with Crippen molar-refractivity contribution in [2.24, 2.45) is 0 Å². The molecule has 0 aromatic rings. The Balaban J connectivity index is 2.42.